The summed E-state index contributed by atoms with van der Waals surface area (Å²) in [7, 11) is -0.407. The number of ether oxygens (including phenoxy) is 4. The molecule has 0 aliphatic carbocycles. The van der Waals surface area contributed by atoms with E-state index in [0.717, 1.165) is 13.2 Å². The normalized spacial score (nSPS) is 13.0. The maximum atomic E-state index is 12.7. The van der Waals surface area contributed by atoms with Crippen LogP contribution >= 0.6 is 0 Å². The van der Waals surface area contributed by atoms with Crippen molar-refractivity contribution in [1.82, 2.24) is 0 Å². The van der Waals surface area contributed by atoms with E-state index in [0.29, 0.717) is 22.8 Å². The molecule has 0 N–H and O–H groups in total. The second kappa shape index (κ2) is 10.9. The van der Waals surface area contributed by atoms with E-state index in [9.17, 15) is 26.1 Å². The van der Waals surface area contributed by atoms with Crippen molar-refractivity contribution in [3.8, 4) is 28.7 Å². The molecule has 2 aromatic carbocycles. The Morgan fingerprint density at radius 3 is 1.97 bits per heavy atom. The summed E-state index contributed by atoms with van der Waals surface area (Å²) in [5.41, 5.74) is -4.88. The summed E-state index contributed by atoms with van der Waals surface area (Å²) in [6.45, 7) is 0. The van der Waals surface area contributed by atoms with Crippen LogP contribution in [0.15, 0.2) is 35.7 Å². The molecule has 0 bridgehead atoms. The van der Waals surface area contributed by atoms with Gasteiger partial charge in [0.1, 0.15) is 28.4 Å². The fourth-order valence-electron chi connectivity index (χ4n) is 2.59. The Morgan fingerprint density at radius 2 is 1.48 bits per heavy atom. The van der Waals surface area contributed by atoms with Crippen LogP contribution in [0.2, 0.25) is 0 Å². The summed E-state index contributed by atoms with van der Waals surface area (Å²) in [6.07, 6.45) is 1.50. The Kier molecular flexibility index (Phi) is 8.75. The van der Waals surface area contributed by atoms with Gasteiger partial charge in [0.05, 0.1) is 34.0 Å². The summed E-state index contributed by atoms with van der Waals surface area (Å²) >= 11 is -1.65. The summed E-state index contributed by atoms with van der Waals surface area (Å²) in [6, 6.07) is 6.88. The lowest BCUT2D eigenvalue weighted by Gasteiger charge is -2.14. The number of hydrogen-bond donors (Lipinski definition) is 0. The molecule has 0 amide bonds. The van der Waals surface area contributed by atoms with Gasteiger partial charge in [0.15, 0.2) is 11.5 Å². The van der Waals surface area contributed by atoms with E-state index in [-0.39, 0.29) is 17.1 Å². The topological polar surface area (TPSA) is 103 Å². The Bertz CT molecular complexity index is 1080. The first-order chi connectivity index (χ1) is 15.4. The van der Waals surface area contributed by atoms with Crippen molar-refractivity contribution in [3.05, 3.63) is 46.9 Å². The zero-order valence-corrected chi connectivity index (χ0v) is 19.6. The molecule has 0 saturated heterocycles. The number of alkyl halides is 3. The van der Waals surface area contributed by atoms with Gasteiger partial charge in [0.2, 0.25) is 0 Å². The van der Waals surface area contributed by atoms with E-state index in [4.69, 9.17) is 18.9 Å². The summed E-state index contributed by atoms with van der Waals surface area (Å²) in [4.78, 5) is 0. The van der Waals surface area contributed by atoms with Crippen LogP contribution < -0.4 is 23.1 Å². The quantitative estimate of drug-likeness (QED) is 0.270. The van der Waals surface area contributed by atoms with Gasteiger partial charge in [-0.1, -0.05) is 6.07 Å². The second-order valence-electron chi connectivity index (χ2n) is 6.24. The monoisotopic (exact) mass is 510 g/mol. The van der Waals surface area contributed by atoms with E-state index >= 15 is 0 Å². The van der Waals surface area contributed by atoms with Crippen LogP contribution in [0, 0.1) is 0 Å². The zero-order valence-electron chi connectivity index (χ0n) is 18.0. The molecule has 0 radical (unpaired) electrons. The Hall–Kier alpha value is -2.77. The zero-order chi connectivity index (χ0) is 24.8. The van der Waals surface area contributed by atoms with E-state index in [1.807, 2.05) is 0 Å². The fraction of sp³-hybridized carbons (Fsp3) is 0.300. The molecule has 0 fully saturated rings. The van der Waals surface area contributed by atoms with Gasteiger partial charge in [-0.05, 0) is 23.3 Å². The summed E-state index contributed by atoms with van der Waals surface area (Å²) in [5, 5.41) is 1.34. The van der Waals surface area contributed by atoms with Crippen LogP contribution in [0.25, 0.3) is 6.08 Å². The molecule has 0 aromatic heterocycles. The van der Waals surface area contributed by atoms with Crippen LogP contribution in [0.3, 0.4) is 0 Å². The van der Waals surface area contributed by atoms with Crippen molar-refractivity contribution >= 4 is 27.4 Å². The lowest BCUT2D eigenvalue weighted by Crippen LogP contribution is -2.28. The first kappa shape index (κ1) is 26.5. The molecule has 8 nitrogen and oxygen atoms in total. The molecule has 2 rings (SSSR count). The molecule has 0 saturated carbocycles. The predicted molar refractivity (Wildman–Crippen MR) is 116 cm³/mol. The number of methoxy groups -OCH3 is 4. The third-order valence-corrected chi connectivity index (χ3v) is 6.18. The molecular weight excluding hydrogens is 489 g/mol. The van der Waals surface area contributed by atoms with Crippen molar-refractivity contribution in [2.24, 2.45) is 0 Å². The number of hydrogen-bond acceptors (Lipinski definition) is 8. The van der Waals surface area contributed by atoms with Gasteiger partial charge in [-0.2, -0.15) is 21.6 Å². The lowest BCUT2D eigenvalue weighted by molar-refractivity contribution is -0.0500. The molecule has 2 aromatic rings. The average Bonchev–Trinajstić information content (AvgIpc) is 2.76. The number of halogens is 3. The highest BCUT2D eigenvalue weighted by Crippen LogP contribution is 2.36. The van der Waals surface area contributed by atoms with Crippen LogP contribution in [-0.2, 0) is 27.0 Å². The molecule has 33 heavy (non-hydrogen) atoms. The first-order valence-electron chi connectivity index (χ1n) is 8.98. The molecule has 0 spiro atoms. The maximum absolute atomic E-state index is 12.7. The molecular formula is C20H21F3O8S2. The molecule has 0 aliphatic heterocycles. The van der Waals surface area contributed by atoms with Gasteiger partial charge in [-0.15, -0.1) is 0 Å². The van der Waals surface area contributed by atoms with Crippen LogP contribution in [0.1, 0.15) is 11.1 Å². The van der Waals surface area contributed by atoms with Crippen LogP contribution in [0.4, 0.5) is 13.2 Å². The van der Waals surface area contributed by atoms with Crippen molar-refractivity contribution in [3.63, 3.8) is 0 Å². The smallest absolute Gasteiger partial charge is 0.534 e. The third kappa shape index (κ3) is 6.62. The van der Waals surface area contributed by atoms with Crippen molar-refractivity contribution in [2.45, 2.75) is 11.3 Å². The van der Waals surface area contributed by atoms with Gasteiger partial charge in [-0.3, -0.25) is 0 Å². The van der Waals surface area contributed by atoms with Gasteiger partial charge in [-0.25, -0.2) is 0 Å². The Morgan fingerprint density at radius 1 is 0.909 bits per heavy atom. The van der Waals surface area contributed by atoms with Gasteiger partial charge in [0.25, 0.3) is 0 Å². The highest BCUT2D eigenvalue weighted by molar-refractivity contribution is 7.93. The minimum absolute atomic E-state index is 0.149. The summed E-state index contributed by atoms with van der Waals surface area (Å²) < 4.78 is 98.0. The van der Waals surface area contributed by atoms with Crippen molar-refractivity contribution < 1.29 is 49.3 Å². The Labute approximate surface area is 192 Å². The molecule has 0 aliphatic rings. The fourth-order valence-corrected chi connectivity index (χ4v) is 3.95. The van der Waals surface area contributed by atoms with Crippen molar-refractivity contribution in [2.75, 3.05) is 28.4 Å². The van der Waals surface area contributed by atoms with Crippen LogP contribution in [-0.4, -0.2) is 46.9 Å². The van der Waals surface area contributed by atoms with E-state index in [1.165, 1.54) is 44.9 Å². The SMILES string of the molecule is COc1cc(OC)c(/C=C/[S+]([O-])Cc2ccc(OC)c(OS(=O)(=O)C(F)(F)F)c2)c(OC)c1. The minimum atomic E-state index is -5.90. The van der Waals surface area contributed by atoms with Gasteiger partial charge >= 0.3 is 15.6 Å². The highest BCUT2D eigenvalue weighted by atomic mass is 32.2. The van der Waals surface area contributed by atoms with E-state index in [2.05, 4.69) is 4.18 Å². The molecule has 0 heterocycles. The van der Waals surface area contributed by atoms with Gasteiger partial charge < -0.3 is 27.7 Å². The molecule has 1 atom stereocenters. The highest BCUT2D eigenvalue weighted by Gasteiger charge is 2.49. The van der Waals surface area contributed by atoms with Gasteiger partial charge in [0, 0.05) is 23.8 Å². The third-order valence-electron chi connectivity index (χ3n) is 4.16. The predicted octanol–water partition coefficient (Wildman–Crippen LogP) is 3.87. The Balaban J connectivity index is 2.28. The minimum Gasteiger partial charge on any atom is -0.612 e. The average molecular weight is 511 g/mol. The molecule has 1 unspecified atom stereocenters. The number of rotatable bonds is 10. The van der Waals surface area contributed by atoms with E-state index < -0.39 is 32.6 Å². The first-order valence-corrected chi connectivity index (χ1v) is 11.8. The molecule has 182 valence electrons. The largest absolute Gasteiger partial charge is 0.612 e. The van der Waals surface area contributed by atoms with Crippen LogP contribution in [0.5, 0.6) is 28.7 Å². The van der Waals surface area contributed by atoms with E-state index in [1.54, 1.807) is 12.1 Å². The second-order valence-corrected chi connectivity index (χ2v) is 9.10. The lowest BCUT2D eigenvalue weighted by atomic mass is 10.1. The molecule has 13 heteroatoms. The standard InChI is InChI=1S/C20H21F3O8S2/c1-27-14-10-17(29-3)15(18(11-14)30-4)7-8-32(24)12-13-5-6-16(28-2)19(9-13)31-33(25,26)20(21,22)23/h5-11H,12H2,1-4H3/b8-7+. The number of benzene rings is 2. The maximum Gasteiger partial charge on any atom is 0.534 e. The summed E-state index contributed by atoms with van der Waals surface area (Å²) in [5.74, 6) is 0.229. The van der Waals surface area contributed by atoms with Crippen molar-refractivity contribution in [1.29, 1.82) is 0 Å².